The lowest BCUT2D eigenvalue weighted by Crippen LogP contribution is -2.41. The molecular weight excluding hydrogens is 340 g/mol. The van der Waals surface area contributed by atoms with E-state index in [1.54, 1.807) is 4.90 Å². The summed E-state index contributed by atoms with van der Waals surface area (Å²) in [6.45, 7) is 1.05. The molecule has 2 aromatic rings. The number of ether oxygens (including phenoxy) is 1. The fourth-order valence-electron chi connectivity index (χ4n) is 4.00. The van der Waals surface area contributed by atoms with Crippen molar-refractivity contribution in [1.82, 2.24) is 5.32 Å². The van der Waals surface area contributed by atoms with Crippen LogP contribution in [-0.4, -0.2) is 31.5 Å². The number of carbonyl (C=O) groups is 2. The third-order valence-electron chi connectivity index (χ3n) is 5.41. The van der Waals surface area contributed by atoms with Gasteiger partial charge in [0, 0.05) is 25.4 Å². The molecule has 2 aromatic carbocycles. The van der Waals surface area contributed by atoms with Crippen molar-refractivity contribution < 1.29 is 14.3 Å². The molecule has 2 amide bonds. The normalized spacial score (nSPS) is 18.3. The van der Waals surface area contributed by atoms with Crippen LogP contribution in [0.5, 0.6) is 5.75 Å². The Hall–Kier alpha value is -2.82. The maximum absolute atomic E-state index is 12.4. The zero-order chi connectivity index (χ0) is 18.6. The van der Waals surface area contributed by atoms with Gasteiger partial charge in [-0.25, -0.2) is 0 Å². The Bertz CT molecular complexity index is 849. The number of hydrogen-bond acceptors (Lipinski definition) is 3. The number of anilines is 1. The molecule has 0 radical (unpaired) electrons. The number of hydrogen-bond donors (Lipinski definition) is 1. The Morgan fingerprint density at radius 1 is 1.15 bits per heavy atom. The van der Waals surface area contributed by atoms with Gasteiger partial charge in [0.1, 0.15) is 5.75 Å². The van der Waals surface area contributed by atoms with Gasteiger partial charge in [-0.15, -0.1) is 0 Å². The average molecular weight is 364 g/mol. The van der Waals surface area contributed by atoms with Gasteiger partial charge in [-0.05, 0) is 42.5 Å². The second-order valence-corrected chi connectivity index (χ2v) is 7.14. The number of benzene rings is 2. The predicted octanol–water partition coefficient (Wildman–Crippen LogP) is 3.04. The minimum absolute atomic E-state index is 0.0187. The first-order valence-electron chi connectivity index (χ1n) is 9.59. The van der Waals surface area contributed by atoms with E-state index in [1.165, 1.54) is 11.1 Å². The van der Waals surface area contributed by atoms with Gasteiger partial charge in [0.25, 0.3) is 5.91 Å². The molecule has 1 N–H and O–H groups in total. The van der Waals surface area contributed by atoms with Crippen molar-refractivity contribution in [3.05, 3.63) is 59.7 Å². The summed E-state index contributed by atoms with van der Waals surface area (Å²) in [5.41, 5.74) is 3.50. The van der Waals surface area contributed by atoms with Crippen LogP contribution >= 0.6 is 0 Å². The van der Waals surface area contributed by atoms with Crippen LogP contribution in [0.15, 0.2) is 48.5 Å². The third-order valence-corrected chi connectivity index (χ3v) is 5.41. The SMILES string of the molecule is O=C(CCN1C(=O)COc2ccccc21)NC[C@H]1CCCc2ccccc21. The van der Waals surface area contributed by atoms with Gasteiger partial charge >= 0.3 is 0 Å². The van der Waals surface area contributed by atoms with Gasteiger partial charge in [0.15, 0.2) is 6.61 Å². The van der Waals surface area contributed by atoms with E-state index < -0.39 is 0 Å². The highest BCUT2D eigenvalue weighted by atomic mass is 16.5. The molecule has 1 atom stereocenters. The molecule has 4 rings (SSSR count). The lowest BCUT2D eigenvalue weighted by atomic mass is 9.83. The molecule has 140 valence electrons. The average Bonchev–Trinajstić information content (AvgIpc) is 2.71. The Kier molecular flexibility index (Phi) is 5.10. The first kappa shape index (κ1) is 17.6. The molecule has 0 aromatic heterocycles. The second kappa shape index (κ2) is 7.82. The Labute approximate surface area is 159 Å². The van der Waals surface area contributed by atoms with Gasteiger partial charge in [0.2, 0.25) is 5.91 Å². The summed E-state index contributed by atoms with van der Waals surface area (Å²) in [4.78, 5) is 26.2. The topological polar surface area (TPSA) is 58.6 Å². The van der Waals surface area contributed by atoms with E-state index in [-0.39, 0.29) is 24.8 Å². The number of aryl methyl sites for hydroxylation is 1. The minimum Gasteiger partial charge on any atom is -0.482 e. The minimum atomic E-state index is -0.109. The van der Waals surface area contributed by atoms with Crippen molar-refractivity contribution in [1.29, 1.82) is 0 Å². The summed E-state index contributed by atoms with van der Waals surface area (Å²) in [5.74, 6) is 0.943. The second-order valence-electron chi connectivity index (χ2n) is 7.14. The Balaban J connectivity index is 1.33. The van der Waals surface area contributed by atoms with Crippen molar-refractivity contribution in [3.8, 4) is 5.75 Å². The van der Waals surface area contributed by atoms with Crippen LogP contribution in [0, 0.1) is 0 Å². The van der Waals surface area contributed by atoms with E-state index in [9.17, 15) is 9.59 Å². The molecule has 0 fully saturated rings. The van der Waals surface area contributed by atoms with E-state index in [4.69, 9.17) is 4.74 Å². The number of nitrogens with zero attached hydrogens (tertiary/aromatic N) is 1. The molecule has 5 heteroatoms. The highest BCUT2D eigenvalue weighted by Crippen LogP contribution is 2.32. The van der Waals surface area contributed by atoms with E-state index in [2.05, 4.69) is 29.6 Å². The van der Waals surface area contributed by atoms with Crippen LogP contribution in [0.3, 0.4) is 0 Å². The molecule has 0 spiro atoms. The Morgan fingerprint density at radius 3 is 2.89 bits per heavy atom. The number of amides is 2. The van der Waals surface area contributed by atoms with Gasteiger partial charge in [-0.2, -0.15) is 0 Å². The third kappa shape index (κ3) is 3.82. The first-order chi connectivity index (χ1) is 13.2. The summed E-state index contributed by atoms with van der Waals surface area (Å²) < 4.78 is 5.44. The van der Waals surface area contributed by atoms with Gasteiger partial charge in [-0.3, -0.25) is 9.59 Å². The van der Waals surface area contributed by atoms with E-state index >= 15 is 0 Å². The van der Waals surface area contributed by atoms with E-state index in [1.807, 2.05) is 24.3 Å². The first-order valence-corrected chi connectivity index (χ1v) is 9.59. The quantitative estimate of drug-likeness (QED) is 0.887. The number of carbonyl (C=O) groups excluding carboxylic acids is 2. The summed E-state index contributed by atoms with van der Waals surface area (Å²) >= 11 is 0. The monoisotopic (exact) mass is 364 g/mol. The zero-order valence-electron chi connectivity index (χ0n) is 15.3. The van der Waals surface area contributed by atoms with Crippen LogP contribution in [0.2, 0.25) is 0 Å². The molecular formula is C22H24N2O3. The maximum atomic E-state index is 12.4. The van der Waals surface area contributed by atoms with Crippen LogP contribution in [-0.2, 0) is 16.0 Å². The summed E-state index contributed by atoms with van der Waals surface area (Å²) in [6.07, 6.45) is 3.68. The molecule has 0 unspecified atom stereocenters. The highest BCUT2D eigenvalue weighted by Gasteiger charge is 2.26. The van der Waals surface area contributed by atoms with Crippen LogP contribution < -0.4 is 15.0 Å². The smallest absolute Gasteiger partial charge is 0.265 e. The molecule has 1 aliphatic carbocycles. The fourth-order valence-corrected chi connectivity index (χ4v) is 4.00. The predicted molar refractivity (Wildman–Crippen MR) is 104 cm³/mol. The van der Waals surface area contributed by atoms with Gasteiger partial charge in [0.05, 0.1) is 5.69 Å². The molecule has 1 aliphatic heterocycles. The van der Waals surface area contributed by atoms with Crippen molar-refractivity contribution in [2.24, 2.45) is 0 Å². The zero-order valence-corrected chi connectivity index (χ0v) is 15.3. The number of para-hydroxylation sites is 2. The van der Waals surface area contributed by atoms with Crippen molar-refractivity contribution in [2.45, 2.75) is 31.6 Å². The maximum Gasteiger partial charge on any atom is 0.265 e. The summed E-state index contributed by atoms with van der Waals surface area (Å²) in [7, 11) is 0. The van der Waals surface area contributed by atoms with Crippen LogP contribution in [0.25, 0.3) is 0 Å². The van der Waals surface area contributed by atoms with E-state index in [0.29, 0.717) is 24.8 Å². The summed E-state index contributed by atoms with van der Waals surface area (Å²) in [6, 6.07) is 15.9. The molecule has 2 aliphatic rings. The van der Waals surface area contributed by atoms with Crippen LogP contribution in [0.4, 0.5) is 5.69 Å². The number of nitrogens with one attached hydrogen (secondary N) is 1. The summed E-state index contributed by atoms with van der Waals surface area (Å²) in [5, 5.41) is 3.06. The standard InChI is InChI=1S/C22H24N2O3/c25-21(23-14-17-8-5-7-16-6-1-2-9-18(16)17)12-13-24-19-10-3-4-11-20(19)27-15-22(24)26/h1-4,6,9-11,17H,5,7-8,12-15H2,(H,23,25)/t17-/m1/s1. The fraction of sp³-hybridized carbons (Fsp3) is 0.364. The molecule has 0 bridgehead atoms. The van der Waals surface area contributed by atoms with Gasteiger partial charge in [-0.1, -0.05) is 36.4 Å². The molecule has 5 nitrogen and oxygen atoms in total. The highest BCUT2D eigenvalue weighted by molar-refractivity contribution is 5.98. The van der Waals surface area contributed by atoms with Crippen molar-refractivity contribution in [3.63, 3.8) is 0 Å². The van der Waals surface area contributed by atoms with Crippen molar-refractivity contribution in [2.75, 3.05) is 24.6 Å². The molecule has 0 saturated heterocycles. The number of rotatable bonds is 5. The van der Waals surface area contributed by atoms with Crippen molar-refractivity contribution >= 4 is 17.5 Å². The lowest BCUT2D eigenvalue weighted by Gasteiger charge is -2.29. The molecule has 0 saturated carbocycles. The molecule has 27 heavy (non-hydrogen) atoms. The largest absolute Gasteiger partial charge is 0.482 e. The Morgan fingerprint density at radius 2 is 1.96 bits per heavy atom. The van der Waals surface area contributed by atoms with E-state index in [0.717, 1.165) is 24.9 Å². The number of fused-ring (bicyclic) bond motifs is 2. The van der Waals surface area contributed by atoms with Crippen LogP contribution in [0.1, 0.15) is 36.3 Å². The van der Waals surface area contributed by atoms with Gasteiger partial charge < -0.3 is 15.0 Å². The molecule has 1 heterocycles. The lowest BCUT2D eigenvalue weighted by molar-refractivity contribution is -0.122.